The minimum absolute atomic E-state index is 0.226. The normalized spacial score (nSPS) is 13.4. The number of nitrogens with zero attached hydrogens (tertiary/aromatic N) is 1. The molecule has 5 rings (SSSR count). The second kappa shape index (κ2) is 7.17. The van der Waals surface area contributed by atoms with Crippen molar-refractivity contribution in [2.45, 2.75) is 60.7 Å². The molecule has 0 bridgehead atoms. The minimum Gasteiger partial charge on any atom is -0.455 e. The molecule has 2 nitrogen and oxygen atoms in total. The number of fused-ring (bicyclic) bond motifs is 3. The van der Waals surface area contributed by atoms with Crippen LogP contribution in [0.3, 0.4) is 0 Å². The fourth-order valence-electron chi connectivity index (χ4n) is 5.64. The monoisotopic (exact) mass is 454 g/mol. The lowest BCUT2D eigenvalue weighted by molar-refractivity contribution is -0.659. The summed E-state index contributed by atoms with van der Waals surface area (Å²) in [5, 5.41) is 6.77. The molecule has 1 aliphatic rings. The molecule has 33 heavy (non-hydrogen) atoms. The molecule has 170 valence electrons. The smallest absolute Gasteiger partial charge is 0.228 e. The average molecular weight is 455 g/mol. The van der Waals surface area contributed by atoms with Crippen LogP contribution in [-0.2, 0) is 13.5 Å². The second-order valence-electron chi connectivity index (χ2n) is 12.1. The van der Waals surface area contributed by atoms with Crippen molar-refractivity contribution in [3.63, 3.8) is 0 Å². The predicted octanol–water partition coefficient (Wildman–Crippen LogP) is 7.34. The van der Waals surface area contributed by atoms with Gasteiger partial charge in [-0.25, -0.2) is 4.57 Å². The molecule has 0 N–H and O–H groups in total. The van der Waals surface area contributed by atoms with E-state index in [0.717, 1.165) is 17.9 Å². The van der Waals surface area contributed by atoms with Crippen LogP contribution in [0.15, 0.2) is 42.6 Å². The first kappa shape index (κ1) is 22.2. The van der Waals surface area contributed by atoms with Gasteiger partial charge in [-0.05, 0) is 59.0 Å². The maximum atomic E-state index is 6.85. The number of aromatic nitrogens is 1. The zero-order valence-corrected chi connectivity index (χ0v) is 22.6. The molecule has 0 spiro atoms. The lowest BCUT2D eigenvalue weighted by Crippen LogP contribution is -2.38. The Hall–Kier alpha value is -2.65. The third kappa shape index (κ3) is 3.49. The van der Waals surface area contributed by atoms with E-state index >= 15 is 0 Å². The van der Waals surface area contributed by atoms with Crippen molar-refractivity contribution >= 4 is 34.8 Å². The Morgan fingerprint density at radius 3 is 2.33 bits per heavy atom. The number of aryl methyl sites for hydroxylation is 3. The van der Waals surface area contributed by atoms with Crippen molar-refractivity contribution in [3.05, 3.63) is 59.3 Å². The number of hydrogen-bond acceptors (Lipinski definition) is 1. The fraction of sp³-hybridized carbons (Fsp3) is 0.367. The van der Waals surface area contributed by atoms with Crippen molar-refractivity contribution in [1.82, 2.24) is 0 Å². The molecule has 2 heterocycles. The van der Waals surface area contributed by atoms with Crippen molar-refractivity contribution < 1.29 is 9.30 Å². The number of hydrogen-bond donors (Lipinski definition) is 0. The van der Waals surface area contributed by atoms with Crippen LogP contribution >= 0.6 is 0 Å². The predicted molar refractivity (Wildman–Crippen MR) is 144 cm³/mol. The molecule has 0 fully saturated rings. The van der Waals surface area contributed by atoms with Gasteiger partial charge >= 0.3 is 0 Å². The summed E-state index contributed by atoms with van der Waals surface area (Å²) in [6.45, 7) is 18.7. The maximum Gasteiger partial charge on any atom is 0.228 e. The Morgan fingerprint density at radius 1 is 0.939 bits per heavy atom. The van der Waals surface area contributed by atoms with Crippen LogP contribution in [0.2, 0.25) is 19.6 Å². The first-order chi connectivity index (χ1) is 15.4. The van der Waals surface area contributed by atoms with E-state index < -0.39 is 8.07 Å². The highest BCUT2D eigenvalue weighted by Crippen LogP contribution is 2.50. The molecule has 1 aromatic heterocycles. The molecule has 3 heteroatoms. The number of ether oxygens (including phenoxy) is 1. The fourth-order valence-corrected chi connectivity index (χ4v) is 7.31. The van der Waals surface area contributed by atoms with Gasteiger partial charge in [0.05, 0.1) is 19.0 Å². The highest BCUT2D eigenvalue weighted by atomic mass is 28.3. The van der Waals surface area contributed by atoms with Crippen LogP contribution in [0.5, 0.6) is 11.5 Å². The molecule has 0 saturated carbocycles. The topological polar surface area (TPSA) is 13.1 Å². The summed E-state index contributed by atoms with van der Waals surface area (Å²) < 4.78 is 9.12. The summed E-state index contributed by atoms with van der Waals surface area (Å²) in [5.74, 6) is 2.03. The van der Waals surface area contributed by atoms with E-state index in [2.05, 4.69) is 108 Å². The van der Waals surface area contributed by atoms with Gasteiger partial charge in [0.2, 0.25) is 5.69 Å². The van der Waals surface area contributed by atoms with Gasteiger partial charge in [-0.1, -0.05) is 69.9 Å². The van der Waals surface area contributed by atoms with Crippen LogP contribution in [0.1, 0.15) is 37.5 Å². The van der Waals surface area contributed by atoms with Crippen LogP contribution < -0.4 is 14.5 Å². The third-order valence-electron chi connectivity index (χ3n) is 7.04. The number of pyridine rings is 1. The van der Waals surface area contributed by atoms with Crippen molar-refractivity contribution in [1.29, 1.82) is 0 Å². The zero-order chi connectivity index (χ0) is 23.9. The lowest BCUT2D eigenvalue weighted by Gasteiger charge is -2.28. The Morgan fingerprint density at radius 2 is 1.67 bits per heavy atom. The molecular formula is C30H36NOSi+. The van der Waals surface area contributed by atoms with Gasteiger partial charge in [0.15, 0.2) is 6.20 Å². The highest BCUT2D eigenvalue weighted by molar-refractivity contribution is 6.90. The van der Waals surface area contributed by atoms with E-state index in [0.29, 0.717) is 0 Å². The Labute approximate surface area is 199 Å². The van der Waals surface area contributed by atoms with Crippen molar-refractivity contribution in [2.24, 2.45) is 12.5 Å². The minimum atomic E-state index is -1.53. The summed E-state index contributed by atoms with van der Waals surface area (Å²) in [6.07, 6.45) is 3.23. The van der Waals surface area contributed by atoms with Gasteiger partial charge in [-0.3, -0.25) is 0 Å². The zero-order valence-electron chi connectivity index (χ0n) is 21.6. The molecule has 0 saturated heterocycles. The first-order valence-corrected chi connectivity index (χ1v) is 15.6. The maximum absolute atomic E-state index is 6.85. The average Bonchev–Trinajstić information content (AvgIpc) is 2.71. The van der Waals surface area contributed by atoms with Gasteiger partial charge in [0.1, 0.15) is 18.5 Å². The van der Waals surface area contributed by atoms with Crippen LogP contribution in [0.25, 0.3) is 32.8 Å². The van der Waals surface area contributed by atoms with E-state index in [1.165, 1.54) is 54.7 Å². The van der Waals surface area contributed by atoms with Gasteiger partial charge in [0, 0.05) is 11.6 Å². The molecule has 0 amide bonds. The second-order valence-corrected chi connectivity index (χ2v) is 17.1. The third-order valence-corrected chi connectivity index (χ3v) is 9.07. The summed E-state index contributed by atoms with van der Waals surface area (Å²) in [6, 6.07) is 13.7. The van der Waals surface area contributed by atoms with E-state index in [-0.39, 0.29) is 5.41 Å². The Balaban J connectivity index is 1.89. The number of benzene rings is 3. The molecule has 0 atom stereocenters. The van der Waals surface area contributed by atoms with Crippen molar-refractivity contribution in [3.8, 4) is 22.8 Å². The molecule has 4 aromatic rings. The van der Waals surface area contributed by atoms with Gasteiger partial charge in [-0.2, -0.15) is 0 Å². The van der Waals surface area contributed by atoms with Gasteiger partial charge in [0.25, 0.3) is 0 Å². The van der Waals surface area contributed by atoms with E-state index in [1.54, 1.807) is 0 Å². The summed E-state index contributed by atoms with van der Waals surface area (Å²) in [5.41, 5.74) is 6.67. The molecule has 1 aliphatic heterocycles. The van der Waals surface area contributed by atoms with E-state index in [4.69, 9.17) is 4.74 Å². The summed E-state index contributed by atoms with van der Waals surface area (Å²) in [7, 11) is 0.636. The van der Waals surface area contributed by atoms with Crippen LogP contribution in [0, 0.1) is 19.3 Å². The van der Waals surface area contributed by atoms with E-state index in [9.17, 15) is 0 Å². The lowest BCUT2D eigenvalue weighted by atomic mass is 9.85. The van der Waals surface area contributed by atoms with Crippen LogP contribution in [0.4, 0.5) is 0 Å². The largest absolute Gasteiger partial charge is 0.455 e. The Kier molecular flexibility index (Phi) is 4.81. The van der Waals surface area contributed by atoms with Gasteiger partial charge < -0.3 is 4.74 Å². The molecule has 0 radical (unpaired) electrons. The molecule has 3 aromatic carbocycles. The van der Waals surface area contributed by atoms with Crippen LogP contribution in [-0.4, -0.2) is 8.07 Å². The highest BCUT2D eigenvalue weighted by Gasteiger charge is 2.33. The number of rotatable bonds is 2. The Bertz CT molecular complexity index is 1450. The van der Waals surface area contributed by atoms with Crippen molar-refractivity contribution in [2.75, 3.05) is 0 Å². The SMILES string of the molecule is Cc1c2c(c(C)c3c([Si](C)(C)C)cccc13)Oc1cc(CC(C)(C)C)cc3cc[n+](C)c-2c13. The molecule has 0 unspecified atom stereocenters. The van der Waals surface area contributed by atoms with E-state index in [1.807, 2.05) is 0 Å². The molecular weight excluding hydrogens is 418 g/mol. The molecule has 0 aliphatic carbocycles. The van der Waals surface area contributed by atoms with Gasteiger partial charge in [-0.15, -0.1) is 0 Å². The quantitative estimate of drug-likeness (QED) is 0.201. The summed E-state index contributed by atoms with van der Waals surface area (Å²) in [4.78, 5) is 0. The standard InChI is InChI=1S/C30H36NOSi/c1-18-22-11-10-12-24(33(7,8)9)25(22)19(2)29-26(18)28-27-21(13-14-31(28)6)15-20(16-23(27)32-29)17-30(3,4)5/h10-16H,17H2,1-9H3/q+1. The first-order valence-electron chi connectivity index (χ1n) is 12.1. The summed E-state index contributed by atoms with van der Waals surface area (Å²) >= 11 is 0.